The van der Waals surface area contributed by atoms with Gasteiger partial charge in [0, 0.05) is 6.08 Å². The molecule has 0 amide bonds. The number of hydrogen-bond donors (Lipinski definition) is 0. The van der Waals surface area contributed by atoms with Crippen molar-refractivity contribution < 1.29 is 9.53 Å². The first kappa shape index (κ1) is 9.81. The number of allylic oxidation sites excluding steroid dienone is 1. The van der Waals surface area contributed by atoms with Crippen LogP contribution in [0.4, 0.5) is 0 Å². The maximum Gasteiger partial charge on any atom is 0.335 e. The van der Waals surface area contributed by atoms with Gasteiger partial charge in [0.2, 0.25) is 0 Å². The fourth-order valence-corrected chi connectivity index (χ4v) is 0.980. The fraction of sp³-hybridized carbons (Fsp3) is 0.100. The smallest absolute Gasteiger partial charge is 0.335 e. The Kier molecular flexibility index (Phi) is 3.53. The third-order valence-electron chi connectivity index (χ3n) is 1.35. The minimum absolute atomic E-state index is 0.382. The Morgan fingerprint density at radius 1 is 1.46 bits per heavy atom. The molecule has 0 fully saturated rings. The lowest BCUT2D eigenvalue weighted by Gasteiger charge is -2.01. The minimum Gasteiger partial charge on any atom is -0.422 e. The molecule has 13 heavy (non-hydrogen) atoms. The van der Waals surface area contributed by atoms with Crippen molar-refractivity contribution in [1.82, 2.24) is 0 Å². The highest BCUT2D eigenvalue weighted by Crippen LogP contribution is 2.23. The molecule has 0 bridgehead atoms. The number of carbonyl (C=O) groups excluding carboxylic acids is 1. The quantitative estimate of drug-likeness (QED) is 0.413. The van der Waals surface area contributed by atoms with Gasteiger partial charge in [-0.25, -0.2) is 4.79 Å². The van der Waals surface area contributed by atoms with Crippen molar-refractivity contribution in [3.8, 4) is 5.75 Å². The number of carbonyl (C=O) groups is 1. The second-order valence-electron chi connectivity index (χ2n) is 2.35. The zero-order valence-electron chi connectivity index (χ0n) is 7.16. The molecule has 0 atom stereocenters. The SMILES string of the molecule is C/C=C/C(=O)Oc1ccccc1Cl. The van der Waals surface area contributed by atoms with E-state index in [2.05, 4.69) is 0 Å². The lowest BCUT2D eigenvalue weighted by atomic mass is 10.3. The molecule has 0 aliphatic carbocycles. The van der Waals surface area contributed by atoms with E-state index in [0.717, 1.165) is 0 Å². The van der Waals surface area contributed by atoms with Crippen LogP contribution in [0.15, 0.2) is 36.4 Å². The second kappa shape index (κ2) is 4.67. The standard InChI is InChI=1S/C10H9ClO2/c1-2-5-10(12)13-9-7-4-3-6-8(9)11/h2-7H,1H3/b5-2+. The van der Waals surface area contributed by atoms with Gasteiger partial charge in [0.1, 0.15) is 5.75 Å². The number of esters is 1. The highest BCUT2D eigenvalue weighted by molar-refractivity contribution is 6.32. The van der Waals surface area contributed by atoms with Crippen LogP contribution in [0.3, 0.4) is 0 Å². The van der Waals surface area contributed by atoms with Crippen LogP contribution in [0, 0.1) is 0 Å². The molecule has 0 saturated carbocycles. The summed E-state index contributed by atoms with van der Waals surface area (Å²) < 4.78 is 4.93. The van der Waals surface area contributed by atoms with E-state index in [9.17, 15) is 4.79 Å². The van der Waals surface area contributed by atoms with Crippen molar-refractivity contribution in [3.63, 3.8) is 0 Å². The molecular formula is C10H9ClO2. The van der Waals surface area contributed by atoms with E-state index < -0.39 is 5.97 Å². The molecule has 0 saturated heterocycles. The summed E-state index contributed by atoms with van der Waals surface area (Å²) in [6.07, 6.45) is 2.95. The summed E-state index contributed by atoms with van der Waals surface area (Å²) in [6, 6.07) is 6.84. The van der Waals surface area contributed by atoms with Gasteiger partial charge in [-0.1, -0.05) is 29.8 Å². The second-order valence-corrected chi connectivity index (χ2v) is 2.76. The van der Waals surface area contributed by atoms with Crippen LogP contribution in [-0.2, 0) is 4.79 Å². The Balaban J connectivity index is 2.74. The van der Waals surface area contributed by atoms with E-state index in [0.29, 0.717) is 10.8 Å². The van der Waals surface area contributed by atoms with Crippen LogP contribution in [0.1, 0.15) is 6.92 Å². The van der Waals surface area contributed by atoms with Crippen molar-refractivity contribution in [1.29, 1.82) is 0 Å². The van der Waals surface area contributed by atoms with Crippen molar-refractivity contribution in [2.75, 3.05) is 0 Å². The molecule has 0 N–H and O–H groups in total. The van der Waals surface area contributed by atoms with Gasteiger partial charge < -0.3 is 4.74 Å². The van der Waals surface area contributed by atoms with Crippen LogP contribution >= 0.6 is 11.6 Å². The highest BCUT2D eigenvalue weighted by Gasteiger charge is 2.02. The summed E-state index contributed by atoms with van der Waals surface area (Å²) >= 11 is 5.77. The molecule has 0 aliphatic heterocycles. The predicted octanol–water partition coefficient (Wildman–Crippen LogP) is 2.82. The van der Waals surface area contributed by atoms with Gasteiger partial charge in [0.25, 0.3) is 0 Å². The normalized spacial score (nSPS) is 10.3. The van der Waals surface area contributed by atoms with Crippen LogP contribution in [0.2, 0.25) is 5.02 Å². The van der Waals surface area contributed by atoms with E-state index >= 15 is 0 Å². The number of hydrogen-bond acceptors (Lipinski definition) is 2. The average molecular weight is 197 g/mol. The molecular weight excluding hydrogens is 188 g/mol. The lowest BCUT2D eigenvalue weighted by Crippen LogP contribution is -2.03. The molecule has 0 unspecified atom stereocenters. The largest absolute Gasteiger partial charge is 0.422 e. The molecule has 3 heteroatoms. The highest BCUT2D eigenvalue weighted by atomic mass is 35.5. The third-order valence-corrected chi connectivity index (χ3v) is 1.66. The Labute approximate surface area is 81.8 Å². The summed E-state index contributed by atoms with van der Waals surface area (Å²) in [7, 11) is 0. The van der Waals surface area contributed by atoms with E-state index in [1.807, 2.05) is 0 Å². The lowest BCUT2D eigenvalue weighted by molar-refractivity contribution is -0.128. The van der Waals surface area contributed by atoms with Crippen molar-refractivity contribution in [3.05, 3.63) is 41.4 Å². The van der Waals surface area contributed by atoms with E-state index in [1.165, 1.54) is 6.08 Å². The topological polar surface area (TPSA) is 26.3 Å². The van der Waals surface area contributed by atoms with E-state index in [-0.39, 0.29) is 0 Å². The first-order chi connectivity index (χ1) is 6.24. The van der Waals surface area contributed by atoms with Gasteiger partial charge in [0.15, 0.2) is 0 Å². The van der Waals surface area contributed by atoms with E-state index in [1.54, 1.807) is 37.3 Å². The van der Waals surface area contributed by atoms with Crippen molar-refractivity contribution in [2.24, 2.45) is 0 Å². The number of benzene rings is 1. The monoisotopic (exact) mass is 196 g/mol. The van der Waals surface area contributed by atoms with Crippen LogP contribution < -0.4 is 4.74 Å². The number of ether oxygens (including phenoxy) is 1. The van der Waals surface area contributed by atoms with Crippen LogP contribution in [-0.4, -0.2) is 5.97 Å². The predicted molar refractivity (Wildman–Crippen MR) is 51.9 cm³/mol. The van der Waals surface area contributed by atoms with E-state index in [4.69, 9.17) is 16.3 Å². The van der Waals surface area contributed by atoms with Gasteiger partial charge >= 0.3 is 5.97 Å². The number of para-hydroxylation sites is 1. The van der Waals surface area contributed by atoms with Crippen LogP contribution in [0.5, 0.6) is 5.75 Å². The first-order valence-electron chi connectivity index (χ1n) is 3.83. The summed E-state index contributed by atoms with van der Waals surface area (Å²) in [4.78, 5) is 11.0. The molecule has 68 valence electrons. The molecule has 2 nitrogen and oxygen atoms in total. The third kappa shape index (κ3) is 2.92. The molecule has 0 aromatic heterocycles. The Morgan fingerprint density at radius 3 is 2.77 bits per heavy atom. The number of halogens is 1. The maximum atomic E-state index is 11.0. The summed E-state index contributed by atoms with van der Waals surface area (Å²) in [5, 5.41) is 0.431. The zero-order valence-corrected chi connectivity index (χ0v) is 7.91. The first-order valence-corrected chi connectivity index (χ1v) is 4.21. The Hall–Kier alpha value is -1.28. The van der Waals surface area contributed by atoms with Crippen molar-refractivity contribution >= 4 is 17.6 Å². The molecule has 0 aliphatic rings. The molecule has 0 spiro atoms. The van der Waals surface area contributed by atoms with Gasteiger partial charge in [-0.3, -0.25) is 0 Å². The molecule has 0 radical (unpaired) electrons. The summed E-state index contributed by atoms with van der Waals surface area (Å²) in [5.74, 6) is -0.0390. The maximum absolute atomic E-state index is 11.0. The van der Waals surface area contributed by atoms with Gasteiger partial charge in [-0.05, 0) is 19.1 Å². The number of rotatable bonds is 2. The van der Waals surface area contributed by atoms with Gasteiger partial charge in [0.05, 0.1) is 5.02 Å². The van der Waals surface area contributed by atoms with Gasteiger partial charge in [-0.15, -0.1) is 0 Å². The molecule has 1 rings (SSSR count). The molecule has 1 aromatic carbocycles. The molecule has 1 aromatic rings. The van der Waals surface area contributed by atoms with Gasteiger partial charge in [-0.2, -0.15) is 0 Å². The zero-order chi connectivity index (χ0) is 9.68. The Bertz CT molecular complexity index is 331. The summed E-state index contributed by atoms with van der Waals surface area (Å²) in [6.45, 7) is 1.74. The minimum atomic E-state index is -0.421. The summed E-state index contributed by atoms with van der Waals surface area (Å²) in [5.41, 5.74) is 0. The fourth-order valence-electron chi connectivity index (χ4n) is 0.806. The average Bonchev–Trinajstić information content (AvgIpc) is 2.09. The van der Waals surface area contributed by atoms with Crippen LogP contribution in [0.25, 0.3) is 0 Å². The van der Waals surface area contributed by atoms with Crippen molar-refractivity contribution in [2.45, 2.75) is 6.92 Å². The Morgan fingerprint density at radius 2 is 2.15 bits per heavy atom. The molecule has 0 heterocycles.